The Labute approximate surface area is 156 Å². The summed E-state index contributed by atoms with van der Waals surface area (Å²) in [6, 6.07) is 15.4. The van der Waals surface area contributed by atoms with E-state index in [0.29, 0.717) is 13.1 Å². The van der Waals surface area contributed by atoms with Gasteiger partial charge in [0.1, 0.15) is 6.04 Å². The first-order valence-corrected chi connectivity index (χ1v) is 9.09. The standard InChI is InChI=1S/C22H28N2O2/c1-5-23-22(26)18(4)24(15-20-12-7-6-10-17(20)3)21(25)14-19-11-8-9-16(2)13-19/h6-13,18H,5,14-15H2,1-4H3,(H,23,26). The molecule has 0 radical (unpaired) electrons. The molecule has 138 valence electrons. The average Bonchev–Trinajstić information content (AvgIpc) is 2.60. The molecular weight excluding hydrogens is 324 g/mol. The molecule has 0 fully saturated rings. The molecule has 2 aromatic carbocycles. The number of nitrogens with one attached hydrogen (secondary N) is 1. The van der Waals surface area contributed by atoms with Crippen molar-refractivity contribution >= 4 is 11.8 Å². The number of carbonyl (C=O) groups excluding carboxylic acids is 2. The fraction of sp³-hybridized carbons (Fsp3) is 0.364. The van der Waals surface area contributed by atoms with Gasteiger partial charge in [-0.3, -0.25) is 9.59 Å². The third kappa shape index (κ3) is 5.19. The number of carbonyl (C=O) groups is 2. The van der Waals surface area contributed by atoms with E-state index in [2.05, 4.69) is 5.32 Å². The van der Waals surface area contributed by atoms with E-state index in [0.717, 1.165) is 22.3 Å². The van der Waals surface area contributed by atoms with Crippen LogP contribution in [0.2, 0.25) is 0 Å². The van der Waals surface area contributed by atoms with Gasteiger partial charge in [-0.2, -0.15) is 0 Å². The topological polar surface area (TPSA) is 49.4 Å². The Hall–Kier alpha value is -2.62. The van der Waals surface area contributed by atoms with Crippen LogP contribution in [0.1, 0.15) is 36.1 Å². The summed E-state index contributed by atoms with van der Waals surface area (Å²) in [7, 11) is 0. The monoisotopic (exact) mass is 352 g/mol. The number of hydrogen-bond acceptors (Lipinski definition) is 2. The van der Waals surface area contributed by atoms with Gasteiger partial charge in [-0.05, 0) is 44.4 Å². The van der Waals surface area contributed by atoms with Gasteiger partial charge in [0, 0.05) is 13.1 Å². The second-order valence-electron chi connectivity index (χ2n) is 6.68. The molecule has 1 atom stereocenters. The van der Waals surface area contributed by atoms with Crippen molar-refractivity contribution in [3.63, 3.8) is 0 Å². The van der Waals surface area contributed by atoms with Crippen LogP contribution in [-0.2, 0) is 22.6 Å². The maximum Gasteiger partial charge on any atom is 0.242 e. The SMILES string of the molecule is CCNC(=O)C(C)N(Cc1ccccc1C)C(=O)Cc1cccc(C)c1. The molecule has 1 N–H and O–H groups in total. The van der Waals surface area contributed by atoms with E-state index in [1.54, 1.807) is 11.8 Å². The smallest absolute Gasteiger partial charge is 0.242 e. The van der Waals surface area contributed by atoms with Crippen LogP contribution < -0.4 is 5.32 Å². The lowest BCUT2D eigenvalue weighted by atomic mass is 10.0. The number of nitrogens with zero attached hydrogens (tertiary/aromatic N) is 1. The maximum absolute atomic E-state index is 13.0. The highest BCUT2D eigenvalue weighted by molar-refractivity contribution is 5.88. The number of likely N-dealkylation sites (N-methyl/N-ethyl adjacent to an activating group) is 1. The molecular formula is C22H28N2O2. The Balaban J connectivity index is 2.25. The minimum absolute atomic E-state index is 0.0439. The number of rotatable bonds is 7. The van der Waals surface area contributed by atoms with E-state index in [1.165, 1.54) is 0 Å². The molecule has 0 bridgehead atoms. The van der Waals surface area contributed by atoms with Gasteiger partial charge in [-0.1, -0.05) is 54.1 Å². The van der Waals surface area contributed by atoms with Crippen molar-refractivity contribution in [2.75, 3.05) is 6.54 Å². The molecule has 0 aliphatic rings. The van der Waals surface area contributed by atoms with E-state index in [-0.39, 0.29) is 18.2 Å². The Morgan fingerprint density at radius 1 is 1.08 bits per heavy atom. The number of aryl methyl sites for hydroxylation is 2. The van der Waals surface area contributed by atoms with Gasteiger partial charge < -0.3 is 10.2 Å². The summed E-state index contributed by atoms with van der Waals surface area (Å²) in [5.41, 5.74) is 4.26. The fourth-order valence-corrected chi connectivity index (χ4v) is 2.97. The van der Waals surface area contributed by atoms with Crippen molar-refractivity contribution in [3.05, 3.63) is 70.8 Å². The quantitative estimate of drug-likeness (QED) is 0.830. The van der Waals surface area contributed by atoms with Crippen LogP contribution in [0.5, 0.6) is 0 Å². The van der Waals surface area contributed by atoms with Gasteiger partial charge in [0.2, 0.25) is 11.8 Å². The molecule has 0 aliphatic heterocycles. The largest absolute Gasteiger partial charge is 0.355 e. The predicted molar refractivity (Wildman–Crippen MR) is 105 cm³/mol. The van der Waals surface area contributed by atoms with E-state index < -0.39 is 6.04 Å². The van der Waals surface area contributed by atoms with Gasteiger partial charge in [0.05, 0.1) is 6.42 Å². The third-order valence-corrected chi connectivity index (χ3v) is 4.56. The van der Waals surface area contributed by atoms with Gasteiger partial charge in [0.25, 0.3) is 0 Å². The Morgan fingerprint density at radius 2 is 1.81 bits per heavy atom. The number of hydrogen-bond donors (Lipinski definition) is 1. The first-order valence-electron chi connectivity index (χ1n) is 9.09. The van der Waals surface area contributed by atoms with Crippen molar-refractivity contribution in [1.82, 2.24) is 10.2 Å². The Morgan fingerprint density at radius 3 is 2.46 bits per heavy atom. The molecule has 0 heterocycles. The van der Waals surface area contributed by atoms with Gasteiger partial charge in [0.15, 0.2) is 0 Å². The summed E-state index contributed by atoms with van der Waals surface area (Å²) >= 11 is 0. The molecule has 2 amide bonds. The molecule has 4 nitrogen and oxygen atoms in total. The van der Waals surface area contributed by atoms with Crippen LogP contribution >= 0.6 is 0 Å². The van der Waals surface area contributed by atoms with E-state index in [1.807, 2.05) is 69.3 Å². The summed E-state index contributed by atoms with van der Waals surface area (Å²) in [5.74, 6) is -0.170. The molecule has 0 aliphatic carbocycles. The minimum Gasteiger partial charge on any atom is -0.355 e. The first-order chi connectivity index (χ1) is 12.4. The number of benzene rings is 2. The van der Waals surface area contributed by atoms with Crippen LogP contribution in [0.4, 0.5) is 0 Å². The third-order valence-electron chi connectivity index (χ3n) is 4.56. The summed E-state index contributed by atoms with van der Waals surface area (Å²) in [6.45, 7) is 8.68. The lowest BCUT2D eigenvalue weighted by molar-refractivity contribution is -0.140. The van der Waals surface area contributed by atoms with Crippen LogP contribution in [0.25, 0.3) is 0 Å². The Kier molecular flexibility index (Phi) is 6.96. The second kappa shape index (κ2) is 9.18. The zero-order valence-corrected chi connectivity index (χ0v) is 16.1. The molecule has 4 heteroatoms. The Bertz CT molecular complexity index is 770. The zero-order valence-electron chi connectivity index (χ0n) is 16.1. The lowest BCUT2D eigenvalue weighted by Crippen LogP contribution is -2.48. The molecule has 0 aromatic heterocycles. The minimum atomic E-state index is -0.521. The van der Waals surface area contributed by atoms with Crippen molar-refractivity contribution in [2.24, 2.45) is 0 Å². The van der Waals surface area contributed by atoms with E-state index in [9.17, 15) is 9.59 Å². The van der Waals surface area contributed by atoms with Gasteiger partial charge in [-0.25, -0.2) is 0 Å². The summed E-state index contributed by atoms with van der Waals surface area (Å²) in [6.07, 6.45) is 0.289. The molecule has 26 heavy (non-hydrogen) atoms. The molecule has 2 rings (SSSR count). The second-order valence-corrected chi connectivity index (χ2v) is 6.68. The maximum atomic E-state index is 13.0. The summed E-state index contributed by atoms with van der Waals surface area (Å²) in [4.78, 5) is 27.1. The van der Waals surface area contributed by atoms with Crippen molar-refractivity contribution in [3.8, 4) is 0 Å². The van der Waals surface area contributed by atoms with Crippen LogP contribution in [0.3, 0.4) is 0 Å². The van der Waals surface area contributed by atoms with Gasteiger partial charge in [-0.15, -0.1) is 0 Å². The van der Waals surface area contributed by atoms with Crippen LogP contribution in [-0.4, -0.2) is 29.3 Å². The molecule has 2 aromatic rings. The molecule has 0 spiro atoms. The first kappa shape index (κ1) is 19.7. The highest BCUT2D eigenvalue weighted by atomic mass is 16.2. The van der Waals surface area contributed by atoms with E-state index in [4.69, 9.17) is 0 Å². The lowest BCUT2D eigenvalue weighted by Gasteiger charge is -2.29. The van der Waals surface area contributed by atoms with Crippen LogP contribution in [0.15, 0.2) is 48.5 Å². The molecule has 0 saturated carbocycles. The van der Waals surface area contributed by atoms with Crippen molar-refractivity contribution in [1.29, 1.82) is 0 Å². The highest BCUT2D eigenvalue weighted by Gasteiger charge is 2.26. The van der Waals surface area contributed by atoms with Gasteiger partial charge >= 0.3 is 0 Å². The zero-order chi connectivity index (χ0) is 19.1. The normalized spacial score (nSPS) is 11.7. The fourth-order valence-electron chi connectivity index (χ4n) is 2.97. The average molecular weight is 352 g/mol. The van der Waals surface area contributed by atoms with Crippen molar-refractivity contribution < 1.29 is 9.59 Å². The van der Waals surface area contributed by atoms with Crippen LogP contribution in [0, 0.1) is 13.8 Å². The molecule has 0 saturated heterocycles. The highest BCUT2D eigenvalue weighted by Crippen LogP contribution is 2.15. The molecule has 1 unspecified atom stereocenters. The summed E-state index contributed by atoms with van der Waals surface area (Å²) in [5, 5.41) is 2.82. The van der Waals surface area contributed by atoms with Crippen molar-refractivity contribution in [2.45, 2.75) is 46.7 Å². The predicted octanol–water partition coefficient (Wildman–Crippen LogP) is 3.40. The number of amides is 2. The summed E-state index contributed by atoms with van der Waals surface area (Å²) < 4.78 is 0. The van der Waals surface area contributed by atoms with E-state index >= 15 is 0 Å².